The van der Waals surface area contributed by atoms with E-state index in [9.17, 15) is 13.2 Å². The summed E-state index contributed by atoms with van der Waals surface area (Å²) in [7, 11) is 0. The Kier molecular flexibility index (Phi) is 4.62. The summed E-state index contributed by atoms with van der Waals surface area (Å²) in [5.41, 5.74) is 1.87. The zero-order chi connectivity index (χ0) is 21.4. The molecule has 2 N–H and O–H groups in total. The Morgan fingerprint density at radius 3 is 2.13 bits per heavy atom. The molecule has 5 rings (SSSR count). The minimum atomic E-state index is -4.39. The van der Waals surface area contributed by atoms with Crippen LogP contribution in [0.2, 0.25) is 0 Å². The Hall–Kier alpha value is -3.81. The quantitative estimate of drug-likeness (QED) is 0.464. The summed E-state index contributed by atoms with van der Waals surface area (Å²) < 4.78 is 44.6. The van der Waals surface area contributed by atoms with Crippen LogP contribution in [0.3, 0.4) is 0 Å². The van der Waals surface area contributed by atoms with Crippen LogP contribution in [0.25, 0.3) is 22.4 Å². The van der Waals surface area contributed by atoms with Crippen molar-refractivity contribution in [2.24, 2.45) is 4.99 Å². The number of hydrogen-bond acceptors (Lipinski definition) is 4. The van der Waals surface area contributed by atoms with E-state index in [2.05, 4.69) is 20.3 Å². The van der Waals surface area contributed by atoms with Crippen molar-refractivity contribution >= 4 is 16.9 Å². The van der Waals surface area contributed by atoms with Gasteiger partial charge in [-0.2, -0.15) is 13.2 Å². The van der Waals surface area contributed by atoms with Gasteiger partial charge in [0.05, 0.1) is 23.1 Å². The molecule has 0 aliphatic carbocycles. The molecule has 31 heavy (non-hydrogen) atoms. The van der Waals surface area contributed by atoms with Gasteiger partial charge in [-0.3, -0.25) is 4.99 Å². The van der Waals surface area contributed by atoms with Crippen molar-refractivity contribution in [3.8, 4) is 22.9 Å². The SMILES string of the molecule is FC(F)(F)c1ccc2nc(-c3ccc(Oc4ccc(C5=NCCN5)cc4)cc3)[nH]c2c1. The molecule has 0 radical (unpaired) electrons. The molecule has 0 amide bonds. The molecule has 4 aromatic rings. The number of aromatic nitrogens is 2. The molecule has 1 aliphatic heterocycles. The molecule has 1 aromatic heterocycles. The molecule has 5 nitrogen and oxygen atoms in total. The van der Waals surface area contributed by atoms with E-state index < -0.39 is 11.7 Å². The first-order valence-electron chi connectivity index (χ1n) is 9.70. The highest BCUT2D eigenvalue weighted by atomic mass is 19.4. The van der Waals surface area contributed by atoms with Gasteiger partial charge in [-0.1, -0.05) is 0 Å². The Morgan fingerprint density at radius 2 is 1.52 bits per heavy atom. The number of nitrogens with one attached hydrogen (secondary N) is 2. The van der Waals surface area contributed by atoms with Crippen molar-refractivity contribution in [1.82, 2.24) is 15.3 Å². The number of benzene rings is 3. The number of halogens is 3. The van der Waals surface area contributed by atoms with Crippen molar-refractivity contribution in [1.29, 1.82) is 0 Å². The fourth-order valence-electron chi connectivity index (χ4n) is 3.41. The fraction of sp³-hybridized carbons (Fsp3) is 0.130. The number of ether oxygens (including phenoxy) is 1. The minimum absolute atomic E-state index is 0.339. The third-order valence-electron chi connectivity index (χ3n) is 4.97. The van der Waals surface area contributed by atoms with Crippen LogP contribution in [-0.4, -0.2) is 28.9 Å². The summed E-state index contributed by atoms with van der Waals surface area (Å²) in [5, 5.41) is 3.23. The van der Waals surface area contributed by atoms with Gasteiger partial charge in [0.15, 0.2) is 0 Å². The molecule has 0 bridgehead atoms. The van der Waals surface area contributed by atoms with Crippen LogP contribution >= 0.6 is 0 Å². The maximum Gasteiger partial charge on any atom is 0.416 e. The maximum absolute atomic E-state index is 12.9. The maximum atomic E-state index is 12.9. The summed E-state index contributed by atoms with van der Waals surface area (Å²) in [6.07, 6.45) is -4.39. The first-order valence-corrected chi connectivity index (χ1v) is 9.70. The summed E-state index contributed by atoms with van der Waals surface area (Å²) >= 11 is 0. The van der Waals surface area contributed by atoms with Gasteiger partial charge >= 0.3 is 6.18 Å². The highest BCUT2D eigenvalue weighted by Gasteiger charge is 2.30. The summed E-state index contributed by atoms with van der Waals surface area (Å²) in [5.74, 6) is 2.72. The van der Waals surface area contributed by atoms with Crippen molar-refractivity contribution in [3.63, 3.8) is 0 Å². The van der Waals surface area contributed by atoms with E-state index in [0.29, 0.717) is 28.4 Å². The van der Waals surface area contributed by atoms with E-state index in [4.69, 9.17) is 4.74 Å². The molecule has 1 aliphatic rings. The number of aliphatic imine (C=N–C) groups is 1. The van der Waals surface area contributed by atoms with E-state index in [-0.39, 0.29) is 0 Å². The average molecular weight is 422 g/mol. The second-order valence-electron chi connectivity index (χ2n) is 7.12. The van der Waals surface area contributed by atoms with E-state index in [0.717, 1.165) is 42.2 Å². The van der Waals surface area contributed by atoms with Gasteiger partial charge in [-0.05, 0) is 66.7 Å². The molecular formula is C23H17F3N4O. The second kappa shape index (κ2) is 7.46. The van der Waals surface area contributed by atoms with Gasteiger partial charge in [0.2, 0.25) is 0 Å². The van der Waals surface area contributed by atoms with Crippen LogP contribution in [0, 0.1) is 0 Å². The number of aromatic amines is 1. The molecule has 0 spiro atoms. The molecule has 3 aromatic carbocycles. The number of rotatable bonds is 4. The molecule has 0 atom stereocenters. The van der Waals surface area contributed by atoms with E-state index in [1.54, 1.807) is 12.1 Å². The number of amidine groups is 1. The third kappa shape index (κ3) is 3.96. The standard InChI is InChI=1S/C23H17F3N4O/c24-23(25,26)16-5-10-19-20(13-16)30-22(29-19)15-3-8-18(9-4-15)31-17-6-1-14(2-7-17)21-27-11-12-28-21/h1-10,13H,11-12H2,(H,27,28)(H,29,30). The van der Waals surface area contributed by atoms with E-state index in [1.165, 1.54) is 6.07 Å². The van der Waals surface area contributed by atoms with Crippen LogP contribution < -0.4 is 10.1 Å². The van der Waals surface area contributed by atoms with Gasteiger partial charge in [0.25, 0.3) is 0 Å². The van der Waals surface area contributed by atoms with Crippen molar-refractivity contribution < 1.29 is 17.9 Å². The van der Waals surface area contributed by atoms with Gasteiger partial charge < -0.3 is 15.0 Å². The number of hydrogen-bond donors (Lipinski definition) is 2. The monoisotopic (exact) mass is 422 g/mol. The van der Waals surface area contributed by atoms with E-state index >= 15 is 0 Å². The lowest BCUT2D eigenvalue weighted by molar-refractivity contribution is -0.137. The molecule has 0 fully saturated rings. The lowest BCUT2D eigenvalue weighted by atomic mass is 10.2. The van der Waals surface area contributed by atoms with Crippen molar-refractivity contribution in [2.45, 2.75) is 6.18 Å². The van der Waals surface area contributed by atoms with Gasteiger partial charge in [-0.25, -0.2) is 4.98 Å². The van der Waals surface area contributed by atoms with Gasteiger partial charge in [-0.15, -0.1) is 0 Å². The highest BCUT2D eigenvalue weighted by molar-refractivity contribution is 5.99. The van der Waals surface area contributed by atoms with Crippen molar-refractivity contribution in [2.75, 3.05) is 13.1 Å². The number of alkyl halides is 3. The normalized spacial score (nSPS) is 13.8. The molecular weight excluding hydrogens is 405 g/mol. The summed E-state index contributed by atoms with van der Waals surface area (Å²) in [4.78, 5) is 11.7. The van der Waals surface area contributed by atoms with Crippen LogP contribution in [0.4, 0.5) is 13.2 Å². The Labute approximate surface area is 175 Å². The first kappa shape index (κ1) is 19.2. The third-order valence-corrected chi connectivity index (χ3v) is 4.97. The summed E-state index contributed by atoms with van der Waals surface area (Å²) in [6, 6.07) is 18.3. The molecule has 2 heterocycles. The first-order chi connectivity index (χ1) is 15.0. The van der Waals surface area contributed by atoms with Crippen LogP contribution in [0.5, 0.6) is 11.5 Å². The Bertz CT molecular complexity index is 1260. The molecule has 8 heteroatoms. The lowest BCUT2D eigenvalue weighted by Crippen LogP contribution is -2.19. The van der Waals surface area contributed by atoms with Gasteiger partial charge in [0, 0.05) is 17.7 Å². The second-order valence-corrected chi connectivity index (χ2v) is 7.12. The Balaban J connectivity index is 1.33. The minimum Gasteiger partial charge on any atom is -0.457 e. The number of nitrogens with zero attached hydrogens (tertiary/aromatic N) is 2. The van der Waals surface area contributed by atoms with Crippen LogP contribution in [-0.2, 0) is 6.18 Å². The Morgan fingerprint density at radius 1 is 0.839 bits per heavy atom. The lowest BCUT2D eigenvalue weighted by Gasteiger charge is -2.08. The van der Waals surface area contributed by atoms with Gasteiger partial charge in [0.1, 0.15) is 23.2 Å². The zero-order valence-electron chi connectivity index (χ0n) is 16.2. The molecule has 0 unspecified atom stereocenters. The topological polar surface area (TPSA) is 62.3 Å². The molecule has 0 saturated carbocycles. The molecule has 0 saturated heterocycles. The number of fused-ring (bicyclic) bond motifs is 1. The molecule has 156 valence electrons. The number of H-pyrrole nitrogens is 1. The predicted octanol–water partition coefficient (Wildman–Crippen LogP) is 5.39. The smallest absolute Gasteiger partial charge is 0.416 e. The van der Waals surface area contributed by atoms with Crippen LogP contribution in [0.15, 0.2) is 71.7 Å². The van der Waals surface area contributed by atoms with Crippen LogP contribution in [0.1, 0.15) is 11.1 Å². The fourth-order valence-corrected chi connectivity index (χ4v) is 3.41. The predicted molar refractivity (Wildman–Crippen MR) is 112 cm³/mol. The highest BCUT2D eigenvalue weighted by Crippen LogP contribution is 2.32. The van der Waals surface area contributed by atoms with Crippen molar-refractivity contribution in [3.05, 3.63) is 77.9 Å². The van der Waals surface area contributed by atoms with E-state index in [1.807, 2.05) is 36.4 Å². The number of imidazole rings is 1. The zero-order valence-corrected chi connectivity index (χ0v) is 16.2. The largest absolute Gasteiger partial charge is 0.457 e. The summed E-state index contributed by atoms with van der Waals surface area (Å²) in [6.45, 7) is 1.64. The average Bonchev–Trinajstić information content (AvgIpc) is 3.44.